The molecule has 2 aliphatic heterocycles. The van der Waals surface area contributed by atoms with E-state index in [4.69, 9.17) is 9.84 Å². The minimum absolute atomic E-state index is 0.155. The van der Waals surface area contributed by atoms with Crippen molar-refractivity contribution in [2.45, 2.75) is 58.4 Å². The van der Waals surface area contributed by atoms with Gasteiger partial charge >= 0.3 is 12.3 Å². The number of ether oxygens (including phenoxy) is 1. The molecule has 0 radical (unpaired) electrons. The van der Waals surface area contributed by atoms with Gasteiger partial charge in [0.1, 0.15) is 17.2 Å². The number of carbonyl (C=O) groups is 3. The second-order valence-electron chi connectivity index (χ2n) is 14.1. The Morgan fingerprint density at radius 3 is 2.19 bits per heavy atom. The van der Waals surface area contributed by atoms with Crippen molar-refractivity contribution in [3.63, 3.8) is 0 Å². The van der Waals surface area contributed by atoms with Gasteiger partial charge in [-0.2, -0.15) is 18.3 Å². The van der Waals surface area contributed by atoms with Crippen LogP contribution in [0.1, 0.15) is 72.8 Å². The summed E-state index contributed by atoms with van der Waals surface area (Å²) in [5.74, 6) is -2.79. The molecule has 9 nitrogen and oxygen atoms in total. The number of para-hydroxylation sites is 1. The van der Waals surface area contributed by atoms with Gasteiger partial charge in [-0.25, -0.2) is 13.9 Å². The molecule has 2 aliphatic rings. The van der Waals surface area contributed by atoms with Crippen molar-refractivity contribution < 1.29 is 36.7 Å². The maximum atomic E-state index is 14.6. The number of anilines is 1. The number of ketones is 1. The van der Waals surface area contributed by atoms with E-state index in [1.807, 2.05) is 58.0 Å². The zero-order valence-corrected chi connectivity index (χ0v) is 29.5. The van der Waals surface area contributed by atoms with Gasteiger partial charge < -0.3 is 9.64 Å². The van der Waals surface area contributed by atoms with Crippen LogP contribution in [0.5, 0.6) is 0 Å². The first kappa shape index (κ1) is 36.7. The van der Waals surface area contributed by atoms with E-state index in [2.05, 4.69) is 4.90 Å². The lowest BCUT2D eigenvalue weighted by molar-refractivity contribution is -0.137. The molecular formula is C39H41F4N5O4. The normalized spacial score (nSPS) is 18.3. The fourth-order valence-electron chi connectivity index (χ4n) is 6.95. The quantitative estimate of drug-likeness (QED) is 0.139. The van der Waals surface area contributed by atoms with Crippen LogP contribution in [0.2, 0.25) is 0 Å². The molecule has 1 fully saturated rings. The summed E-state index contributed by atoms with van der Waals surface area (Å²) in [6, 6.07) is 19.2. The Labute approximate surface area is 299 Å². The average Bonchev–Trinajstić information content (AvgIpc) is 3.47. The predicted molar refractivity (Wildman–Crippen MR) is 187 cm³/mol. The van der Waals surface area contributed by atoms with Crippen molar-refractivity contribution in [1.29, 1.82) is 0 Å². The summed E-state index contributed by atoms with van der Waals surface area (Å²) in [4.78, 5) is 46.5. The summed E-state index contributed by atoms with van der Waals surface area (Å²) in [5.41, 5.74) is 0.819. The van der Waals surface area contributed by atoms with Crippen molar-refractivity contribution in [2.75, 3.05) is 37.6 Å². The highest BCUT2D eigenvalue weighted by Gasteiger charge is 2.46. The van der Waals surface area contributed by atoms with Gasteiger partial charge in [0.2, 0.25) is 5.91 Å². The Bertz CT molecular complexity index is 1930. The molecule has 6 rings (SSSR count). The first-order valence-electron chi connectivity index (χ1n) is 17.3. The third-order valence-electron chi connectivity index (χ3n) is 9.39. The Morgan fingerprint density at radius 1 is 0.904 bits per heavy atom. The molecule has 1 aromatic heterocycles. The lowest BCUT2D eigenvalue weighted by atomic mass is 9.74. The lowest BCUT2D eigenvalue weighted by Crippen LogP contribution is -2.49. The van der Waals surface area contributed by atoms with Crippen LogP contribution in [-0.2, 0) is 22.3 Å². The number of piperazine rings is 1. The number of aromatic nitrogens is 2. The van der Waals surface area contributed by atoms with Gasteiger partial charge in [0, 0.05) is 62.7 Å². The lowest BCUT2D eigenvalue weighted by Gasteiger charge is -2.39. The molecule has 0 spiro atoms. The number of hydrogen-bond acceptors (Lipinski definition) is 6. The Hall–Kier alpha value is -5.04. The molecule has 52 heavy (non-hydrogen) atoms. The van der Waals surface area contributed by atoms with Crippen LogP contribution in [0, 0.1) is 11.7 Å². The van der Waals surface area contributed by atoms with Gasteiger partial charge in [-0.1, -0.05) is 42.5 Å². The summed E-state index contributed by atoms with van der Waals surface area (Å²) in [6.45, 7) is 9.69. The van der Waals surface area contributed by atoms with Gasteiger partial charge in [-0.05, 0) is 69.7 Å². The number of amides is 2. The van der Waals surface area contributed by atoms with Crippen LogP contribution in [0.15, 0.2) is 78.9 Å². The zero-order valence-electron chi connectivity index (χ0n) is 29.5. The van der Waals surface area contributed by atoms with E-state index >= 15 is 0 Å². The first-order chi connectivity index (χ1) is 24.6. The second-order valence-corrected chi connectivity index (χ2v) is 14.1. The van der Waals surface area contributed by atoms with Crippen molar-refractivity contribution in [1.82, 2.24) is 19.6 Å². The topological polar surface area (TPSA) is 88.0 Å². The number of halogens is 4. The standard InChI is InChI=1S/C39H41F4N5O4/c1-5-47-35-34(31(44-48(35)29-12-7-6-8-13-29)24-45-18-20-46(21-19-45)37(51)52-38(2,3)4)33(25-14-16-28(40)17-15-25)30(36(47)50)23-32(49)26-10-9-11-27(22-26)39(41,42)43/h6-17,22,30,33H,5,18-21,23-24H2,1-4H3/t30-,33+/m0/s1. The number of rotatable bonds is 8. The minimum atomic E-state index is -4.65. The molecule has 13 heteroatoms. The molecule has 2 atom stereocenters. The summed E-state index contributed by atoms with van der Waals surface area (Å²) in [6.07, 6.45) is -5.43. The number of Topliss-reactive ketones (excluding diaryl/α,β-unsaturated/α-hetero) is 1. The maximum Gasteiger partial charge on any atom is 0.416 e. The number of benzene rings is 3. The van der Waals surface area contributed by atoms with E-state index in [1.54, 1.807) is 26.6 Å². The molecule has 0 saturated carbocycles. The Morgan fingerprint density at radius 2 is 1.58 bits per heavy atom. The molecule has 0 N–H and O–H groups in total. The van der Waals surface area contributed by atoms with Crippen molar-refractivity contribution >= 4 is 23.6 Å². The van der Waals surface area contributed by atoms with Gasteiger partial charge in [0.05, 0.1) is 22.9 Å². The van der Waals surface area contributed by atoms with E-state index in [-0.39, 0.29) is 30.5 Å². The number of alkyl halides is 3. The monoisotopic (exact) mass is 719 g/mol. The fraction of sp³-hybridized carbons (Fsp3) is 0.385. The minimum Gasteiger partial charge on any atom is -0.444 e. The SMILES string of the molecule is CCN1C(=O)[C@@H](CC(=O)c2cccc(C(F)(F)F)c2)[C@@H](c2ccc(F)cc2)c2c(CN3CCN(C(=O)OC(C)(C)C)CC3)nn(-c3ccccc3)c21. The van der Waals surface area contributed by atoms with Crippen LogP contribution in [0.25, 0.3) is 5.69 Å². The van der Waals surface area contributed by atoms with Crippen molar-refractivity contribution in [3.8, 4) is 5.69 Å². The van der Waals surface area contributed by atoms with E-state index in [0.717, 1.165) is 12.1 Å². The van der Waals surface area contributed by atoms with Crippen molar-refractivity contribution in [2.24, 2.45) is 5.92 Å². The molecule has 2 amide bonds. The highest BCUT2D eigenvalue weighted by Crippen LogP contribution is 2.48. The third-order valence-corrected chi connectivity index (χ3v) is 9.39. The highest BCUT2D eigenvalue weighted by molar-refractivity contribution is 6.04. The van der Waals surface area contributed by atoms with Crippen molar-refractivity contribution in [3.05, 3.63) is 113 Å². The summed E-state index contributed by atoms with van der Waals surface area (Å²) in [5, 5.41) is 5.09. The van der Waals surface area contributed by atoms with Gasteiger partial charge in [-0.3, -0.25) is 19.4 Å². The van der Waals surface area contributed by atoms with Crippen LogP contribution in [0.3, 0.4) is 0 Å². The molecular weight excluding hydrogens is 678 g/mol. The number of fused-ring (bicyclic) bond motifs is 1. The van der Waals surface area contributed by atoms with E-state index < -0.39 is 40.8 Å². The van der Waals surface area contributed by atoms with Gasteiger partial charge in [0.25, 0.3) is 0 Å². The number of carbonyl (C=O) groups excluding carboxylic acids is 3. The molecule has 4 aromatic rings. The fourth-order valence-corrected chi connectivity index (χ4v) is 6.95. The first-order valence-corrected chi connectivity index (χ1v) is 17.3. The molecule has 274 valence electrons. The van der Waals surface area contributed by atoms with Crippen LogP contribution in [0.4, 0.5) is 28.2 Å². The largest absolute Gasteiger partial charge is 0.444 e. The van der Waals surface area contributed by atoms with Gasteiger partial charge in [0.15, 0.2) is 5.78 Å². The third kappa shape index (κ3) is 7.74. The summed E-state index contributed by atoms with van der Waals surface area (Å²) < 4.78 is 62.4. The highest BCUT2D eigenvalue weighted by atomic mass is 19.4. The number of hydrogen-bond donors (Lipinski definition) is 0. The predicted octanol–water partition coefficient (Wildman–Crippen LogP) is 7.47. The van der Waals surface area contributed by atoms with E-state index in [0.29, 0.717) is 61.0 Å². The zero-order chi connectivity index (χ0) is 37.4. The second kappa shape index (κ2) is 14.5. The summed E-state index contributed by atoms with van der Waals surface area (Å²) in [7, 11) is 0. The Kier molecular flexibility index (Phi) is 10.3. The maximum absolute atomic E-state index is 14.6. The molecule has 3 heterocycles. The molecule has 1 saturated heterocycles. The van der Waals surface area contributed by atoms with Gasteiger partial charge in [-0.15, -0.1) is 0 Å². The van der Waals surface area contributed by atoms with E-state index in [1.165, 1.54) is 24.3 Å². The van der Waals surface area contributed by atoms with Crippen LogP contribution in [-0.4, -0.2) is 75.7 Å². The smallest absolute Gasteiger partial charge is 0.416 e. The summed E-state index contributed by atoms with van der Waals surface area (Å²) >= 11 is 0. The number of nitrogens with zero attached hydrogens (tertiary/aromatic N) is 5. The Balaban J connectivity index is 1.43. The average molecular weight is 720 g/mol. The molecule has 0 aliphatic carbocycles. The van der Waals surface area contributed by atoms with Crippen LogP contribution >= 0.6 is 0 Å². The van der Waals surface area contributed by atoms with E-state index in [9.17, 15) is 31.9 Å². The molecule has 3 aromatic carbocycles. The molecule has 0 unspecified atom stereocenters. The molecule has 0 bridgehead atoms. The van der Waals surface area contributed by atoms with Crippen LogP contribution < -0.4 is 4.90 Å².